The molecule has 3 unspecified atom stereocenters. The smallest absolute Gasteiger partial charge is 0.391 e. The number of rotatable bonds is 7. The second-order valence-electron chi connectivity index (χ2n) is 5.47. The minimum Gasteiger partial charge on any atom is -0.391 e. The van der Waals surface area contributed by atoms with E-state index in [0.29, 0.717) is 0 Å². The zero-order valence-corrected chi connectivity index (χ0v) is 12.7. The molecule has 0 fully saturated rings. The van der Waals surface area contributed by atoms with E-state index in [1.807, 2.05) is 13.8 Å². The fourth-order valence-corrected chi connectivity index (χ4v) is 2.06. The second-order valence-corrected chi connectivity index (χ2v) is 5.47. The normalized spacial score (nSPS) is 15.9. The zero-order valence-electron chi connectivity index (χ0n) is 12.7. The van der Waals surface area contributed by atoms with Crippen molar-refractivity contribution in [1.29, 1.82) is 0 Å². The number of aliphatic hydroxyl groups is 1. The molecule has 0 bridgehead atoms. The second kappa shape index (κ2) is 8.17. The summed E-state index contributed by atoms with van der Waals surface area (Å²) >= 11 is 0. The van der Waals surface area contributed by atoms with Gasteiger partial charge in [0.05, 0.1) is 12.0 Å². The van der Waals surface area contributed by atoms with Crippen molar-refractivity contribution in [3.05, 3.63) is 35.9 Å². The van der Waals surface area contributed by atoms with Crippen molar-refractivity contribution in [3.8, 4) is 0 Å². The summed E-state index contributed by atoms with van der Waals surface area (Å²) in [6, 6.07) is 7.37. The molecular weight excluding hydrogens is 295 g/mol. The van der Waals surface area contributed by atoms with Crippen molar-refractivity contribution in [3.63, 3.8) is 0 Å². The van der Waals surface area contributed by atoms with Gasteiger partial charge in [-0.05, 0) is 11.5 Å². The van der Waals surface area contributed by atoms with E-state index in [9.17, 15) is 23.1 Å². The van der Waals surface area contributed by atoms with Crippen LogP contribution in [-0.4, -0.2) is 29.8 Å². The molecule has 124 valence electrons. The van der Waals surface area contributed by atoms with Gasteiger partial charge in [0, 0.05) is 13.0 Å². The first kappa shape index (κ1) is 18.5. The summed E-state index contributed by atoms with van der Waals surface area (Å²) in [6.07, 6.45) is -5.20. The summed E-state index contributed by atoms with van der Waals surface area (Å²) in [6.45, 7) is 3.68. The summed E-state index contributed by atoms with van der Waals surface area (Å²) in [4.78, 5) is 11.8. The van der Waals surface area contributed by atoms with E-state index in [1.165, 1.54) is 24.3 Å². The van der Waals surface area contributed by atoms with E-state index in [0.717, 1.165) is 6.42 Å². The number of nitrogens with one attached hydrogen (secondary N) is 1. The van der Waals surface area contributed by atoms with Crippen LogP contribution in [0, 0.1) is 5.92 Å². The van der Waals surface area contributed by atoms with Crippen LogP contribution >= 0.6 is 0 Å². The van der Waals surface area contributed by atoms with Crippen LogP contribution in [0.3, 0.4) is 0 Å². The predicted octanol–water partition coefficient (Wildman–Crippen LogP) is 3.25. The molecule has 1 aromatic rings. The average molecular weight is 317 g/mol. The lowest BCUT2D eigenvalue weighted by atomic mass is 9.94. The highest BCUT2D eigenvalue weighted by molar-refractivity contribution is 5.77. The van der Waals surface area contributed by atoms with Crippen LogP contribution in [-0.2, 0) is 4.79 Å². The van der Waals surface area contributed by atoms with Crippen LogP contribution < -0.4 is 5.32 Å². The number of benzene rings is 1. The third-order valence-corrected chi connectivity index (χ3v) is 3.80. The number of amides is 1. The molecule has 1 rings (SSSR count). The van der Waals surface area contributed by atoms with E-state index in [1.54, 1.807) is 6.07 Å². The maximum Gasteiger partial charge on any atom is 0.396 e. The molecule has 2 N–H and O–H groups in total. The number of halogens is 3. The van der Waals surface area contributed by atoms with Gasteiger partial charge < -0.3 is 10.4 Å². The van der Waals surface area contributed by atoms with E-state index in [4.69, 9.17) is 0 Å². The van der Waals surface area contributed by atoms with Crippen molar-refractivity contribution in [2.24, 2.45) is 5.92 Å². The Morgan fingerprint density at radius 1 is 1.27 bits per heavy atom. The first-order valence-corrected chi connectivity index (χ1v) is 7.32. The van der Waals surface area contributed by atoms with E-state index < -0.39 is 30.5 Å². The van der Waals surface area contributed by atoms with E-state index in [2.05, 4.69) is 5.32 Å². The van der Waals surface area contributed by atoms with Crippen molar-refractivity contribution in [2.45, 2.75) is 44.9 Å². The summed E-state index contributed by atoms with van der Waals surface area (Å²) in [7, 11) is 0. The molecule has 6 heteroatoms. The highest BCUT2D eigenvalue weighted by Crippen LogP contribution is 2.37. The third kappa shape index (κ3) is 5.67. The number of carbonyl (C=O) groups is 1. The van der Waals surface area contributed by atoms with Crippen LogP contribution in [0.1, 0.15) is 38.2 Å². The fraction of sp³-hybridized carbons (Fsp3) is 0.562. The van der Waals surface area contributed by atoms with Crippen LogP contribution in [0.2, 0.25) is 0 Å². The van der Waals surface area contributed by atoms with Crippen molar-refractivity contribution < 1.29 is 23.1 Å². The van der Waals surface area contributed by atoms with Gasteiger partial charge in [0.2, 0.25) is 5.91 Å². The molecular formula is C16H22F3NO2. The van der Waals surface area contributed by atoms with Gasteiger partial charge in [0.25, 0.3) is 0 Å². The Bertz CT molecular complexity index is 462. The Kier molecular flexibility index (Phi) is 6.87. The number of hydrogen-bond acceptors (Lipinski definition) is 2. The lowest BCUT2D eigenvalue weighted by Gasteiger charge is -2.22. The molecule has 0 heterocycles. The van der Waals surface area contributed by atoms with Gasteiger partial charge in [-0.25, -0.2) is 0 Å². The van der Waals surface area contributed by atoms with Gasteiger partial charge in [0.1, 0.15) is 0 Å². The molecule has 1 aromatic carbocycles. The van der Waals surface area contributed by atoms with Crippen LogP contribution in [0.5, 0.6) is 0 Å². The first-order chi connectivity index (χ1) is 10.3. The molecule has 0 aromatic heterocycles. The van der Waals surface area contributed by atoms with E-state index in [-0.39, 0.29) is 18.0 Å². The standard InChI is InChI=1S/C16H22F3NO2/c1-3-11(2)14(21)10-20-15(22)9-13(16(17,18)19)12-7-5-4-6-8-12/h4-8,11,13-14,21H,3,9-10H2,1-2H3,(H,20,22). The maximum atomic E-state index is 13.1. The van der Waals surface area contributed by atoms with Crippen LogP contribution in [0.15, 0.2) is 30.3 Å². The summed E-state index contributed by atoms with van der Waals surface area (Å²) in [5.74, 6) is -2.57. The van der Waals surface area contributed by atoms with Crippen LogP contribution in [0.25, 0.3) is 0 Å². The molecule has 0 aliphatic carbocycles. The molecule has 22 heavy (non-hydrogen) atoms. The SMILES string of the molecule is CCC(C)C(O)CNC(=O)CC(c1ccccc1)C(F)(F)F. The summed E-state index contributed by atoms with van der Waals surface area (Å²) in [5.41, 5.74) is 0.0626. The quantitative estimate of drug-likeness (QED) is 0.811. The average Bonchev–Trinajstić information content (AvgIpc) is 2.49. The largest absolute Gasteiger partial charge is 0.396 e. The zero-order chi connectivity index (χ0) is 16.8. The third-order valence-electron chi connectivity index (χ3n) is 3.80. The molecule has 0 saturated heterocycles. The van der Waals surface area contributed by atoms with Gasteiger partial charge in [0.15, 0.2) is 0 Å². The van der Waals surface area contributed by atoms with Gasteiger partial charge in [-0.2, -0.15) is 13.2 Å². The minimum atomic E-state index is -4.49. The Balaban J connectivity index is 2.66. The van der Waals surface area contributed by atoms with Gasteiger partial charge in [-0.1, -0.05) is 50.6 Å². The molecule has 0 saturated carbocycles. The summed E-state index contributed by atoms with van der Waals surface area (Å²) in [5, 5.41) is 12.1. The fourth-order valence-electron chi connectivity index (χ4n) is 2.06. The summed E-state index contributed by atoms with van der Waals surface area (Å²) < 4.78 is 39.4. The molecule has 0 aliphatic rings. The predicted molar refractivity (Wildman–Crippen MR) is 78.3 cm³/mol. The highest BCUT2D eigenvalue weighted by atomic mass is 19.4. The Labute approximate surface area is 128 Å². The highest BCUT2D eigenvalue weighted by Gasteiger charge is 2.41. The lowest BCUT2D eigenvalue weighted by Crippen LogP contribution is -2.37. The van der Waals surface area contributed by atoms with Crippen molar-refractivity contribution in [2.75, 3.05) is 6.54 Å². The number of hydrogen-bond donors (Lipinski definition) is 2. The number of aliphatic hydroxyl groups excluding tert-OH is 1. The van der Waals surface area contributed by atoms with E-state index >= 15 is 0 Å². The minimum absolute atomic E-state index is 0.0205. The van der Waals surface area contributed by atoms with Crippen molar-refractivity contribution >= 4 is 5.91 Å². The Hall–Kier alpha value is -1.56. The molecule has 0 aliphatic heterocycles. The number of alkyl halides is 3. The molecule has 3 nitrogen and oxygen atoms in total. The first-order valence-electron chi connectivity index (χ1n) is 7.32. The number of carbonyl (C=O) groups excluding carboxylic acids is 1. The lowest BCUT2D eigenvalue weighted by molar-refractivity contribution is -0.157. The Morgan fingerprint density at radius 2 is 1.86 bits per heavy atom. The monoisotopic (exact) mass is 317 g/mol. The molecule has 1 amide bonds. The molecule has 0 spiro atoms. The van der Waals surface area contributed by atoms with Crippen molar-refractivity contribution in [1.82, 2.24) is 5.32 Å². The maximum absolute atomic E-state index is 13.1. The van der Waals surface area contributed by atoms with Gasteiger partial charge >= 0.3 is 6.18 Å². The van der Waals surface area contributed by atoms with Gasteiger partial charge in [-0.3, -0.25) is 4.79 Å². The molecule has 3 atom stereocenters. The topological polar surface area (TPSA) is 49.3 Å². The van der Waals surface area contributed by atoms with Gasteiger partial charge in [-0.15, -0.1) is 0 Å². The molecule has 0 radical (unpaired) electrons. The van der Waals surface area contributed by atoms with Crippen LogP contribution in [0.4, 0.5) is 13.2 Å². The Morgan fingerprint density at radius 3 is 2.36 bits per heavy atom.